The Bertz CT molecular complexity index is 128. The molecule has 72 valence electrons. The summed E-state index contributed by atoms with van der Waals surface area (Å²) in [5, 5.41) is 2.80. The average Bonchev–Trinajstić information content (AvgIpc) is 2.02. The van der Waals surface area contributed by atoms with Crippen LogP contribution in [0.1, 0.15) is 26.7 Å². The van der Waals surface area contributed by atoms with Gasteiger partial charge in [0.1, 0.15) is 0 Å². The number of nitrogens with one attached hydrogen (secondary N) is 1. The maximum absolute atomic E-state index is 11.0. The van der Waals surface area contributed by atoms with Crippen molar-refractivity contribution in [3.8, 4) is 0 Å². The number of rotatable bonds is 6. The highest BCUT2D eigenvalue weighted by Crippen LogP contribution is 2.10. The molecule has 3 heteroatoms. The smallest absolute Gasteiger partial charge is 0.219 e. The monoisotopic (exact) mass is 189 g/mol. The Morgan fingerprint density at radius 2 is 2.25 bits per heavy atom. The van der Waals surface area contributed by atoms with E-state index >= 15 is 0 Å². The van der Waals surface area contributed by atoms with E-state index in [1.165, 1.54) is 0 Å². The van der Waals surface area contributed by atoms with Gasteiger partial charge >= 0.3 is 0 Å². The van der Waals surface area contributed by atoms with Gasteiger partial charge in [0.2, 0.25) is 5.91 Å². The summed E-state index contributed by atoms with van der Waals surface area (Å²) < 4.78 is 0. The molecule has 1 atom stereocenters. The molecule has 2 nitrogen and oxygen atoms in total. The zero-order valence-electron chi connectivity index (χ0n) is 8.22. The summed E-state index contributed by atoms with van der Waals surface area (Å²) in [6, 6.07) is 0. The normalized spacial score (nSPS) is 12.6. The molecule has 0 bridgehead atoms. The van der Waals surface area contributed by atoms with E-state index in [0.717, 1.165) is 18.7 Å². The number of amides is 1. The fourth-order valence-corrected chi connectivity index (χ4v) is 1.77. The van der Waals surface area contributed by atoms with Crippen LogP contribution in [0.3, 0.4) is 0 Å². The van der Waals surface area contributed by atoms with Crippen LogP contribution in [0.4, 0.5) is 0 Å². The summed E-state index contributed by atoms with van der Waals surface area (Å²) in [6.45, 7) is 4.88. The van der Waals surface area contributed by atoms with Gasteiger partial charge in [-0.15, -0.1) is 0 Å². The summed E-state index contributed by atoms with van der Waals surface area (Å²) in [6.07, 6.45) is 3.78. The summed E-state index contributed by atoms with van der Waals surface area (Å²) >= 11 is 1.84. The molecule has 0 aromatic rings. The Hall–Kier alpha value is -0.180. The minimum Gasteiger partial charge on any atom is -0.356 e. The lowest BCUT2D eigenvalue weighted by molar-refractivity contribution is -0.121. The molecule has 0 saturated heterocycles. The third-order valence-corrected chi connectivity index (χ3v) is 2.59. The third kappa shape index (κ3) is 6.53. The third-order valence-electron chi connectivity index (χ3n) is 1.69. The number of thioether (sulfide) groups is 1. The minimum absolute atomic E-state index is 0.186. The van der Waals surface area contributed by atoms with Crippen molar-refractivity contribution in [2.24, 2.45) is 5.92 Å². The number of carbonyl (C=O) groups is 1. The second-order valence-electron chi connectivity index (χ2n) is 3.05. The van der Waals surface area contributed by atoms with Gasteiger partial charge in [-0.3, -0.25) is 4.79 Å². The molecule has 0 aliphatic heterocycles. The van der Waals surface area contributed by atoms with Crippen LogP contribution in [-0.2, 0) is 4.79 Å². The molecular weight excluding hydrogens is 170 g/mol. The molecular formula is C9H19NOS. The van der Waals surface area contributed by atoms with E-state index in [1.54, 1.807) is 0 Å². The van der Waals surface area contributed by atoms with Crippen molar-refractivity contribution < 1.29 is 4.79 Å². The van der Waals surface area contributed by atoms with Crippen molar-refractivity contribution in [2.75, 3.05) is 18.6 Å². The quantitative estimate of drug-likeness (QED) is 0.691. The summed E-state index contributed by atoms with van der Waals surface area (Å²) in [5.74, 6) is 1.99. The van der Waals surface area contributed by atoms with E-state index in [1.807, 2.05) is 18.7 Å². The largest absolute Gasteiger partial charge is 0.356 e. The summed E-state index contributed by atoms with van der Waals surface area (Å²) in [7, 11) is 0. The number of hydrogen-bond acceptors (Lipinski definition) is 2. The van der Waals surface area contributed by atoms with Crippen LogP contribution in [-0.4, -0.2) is 24.5 Å². The van der Waals surface area contributed by atoms with Crippen LogP contribution in [0.15, 0.2) is 0 Å². The van der Waals surface area contributed by atoms with Crippen molar-refractivity contribution in [1.82, 2.24) is 5.32 Å². The van der Waals surface area contributed by atoms with Crippen LogP contribution >= 0.6 is 11.8 Å². The lowest BCUT2D eigenvalue weighted by Gasteiger charge is -2.08. The molecule has 0 aliphatic rings. The van der Waals surface area contributed by atoms with Crippen molar-refractivity contribution in [3.63, 3.8) is 0 Å². The average molecular weight is 189 g/mol. The van der Waals surface area contributed by atoms with Crippen LogP contribution in [0.5, 0.6) is 0 Å². The Morgan fingerprint density at radius 1 is 1.58 bits per heavy atom. The van der Waals surface area contributed by atoms with Crippen LogP contribution in [0.25, 0.3) is 0 Å². The highest BCUT2D eigenvalue weighted by Gasteiger charge is 2.04. The zero-order chi connectivity index (χ0) is 9.40. The van der Waals surface area contributed by atoms with E-state index in [-0.39, 0.29) is 5.91 Å². The van der Waals surface area contributed by atoms with Gasteiger partial charge in [-0.2, -0.15) is 11.8 Å². The highest BCUT2D eigenvalue weighted by molar-refractivity contribution is 7.98. The second kappa shape index (κ2) is 7.47. The van der Waals surface area contributed by atoms with E-state index in [9.17, 15) is 4.79 Å². The Morgan fingerprint density at radius 3 is 2.75 bits per heavy atom. The highest BCUT2D eigenvalue weighted by atomic mass is 32.2. The summed E-state index contributed by atoms with van der Waals surface area (Å²) in [4.78, 5) is 11.0. The summed E-state index contributed by atoms with van der Waals surface area (Å²) in [5.41, 5.74) is 0. The minimum atomic E-state index is 0.186. The Balaban J connectivity index is 3.33. The molecule has 1 N–H and O–H groups in total. The van der Waals surface area contributed by atoms with Crippen LogP contribution < -0.4 is 5.32 Å². The molecule has 0 aromatic carbocycles. The fourth-order valence-electron chi connectivity index (χ4n) is 1.03. The van der Waals surface area contributed by atoms with Gasteiger partial charge in [0, 0.05) is 13.0 Å². The predicted octanol–water partition coefficient (Wildman–Crippen LogP) is 1.90. The van der Waals surface area contributed by atoms with E-state index in [2.05, 4.69) is 18.5 Å². The second-order valence-corrected chi connectivity index (χ2v) is 3.96. The van der Waals surface area contributed by atoms with Crippen molar-refractivity contribution >= 4 is 17.7 Å². The molecule has 0 fully saturated rings. The maximum atomic E-state index is 11.0. The van der Waals surface area contributed by atoms with Gasteiger partial charge in [0.05, 0.1) is 0 Å². The lowest BCUT2D eigenvalue weighted by atomic mass is 10.1. The van der Waals surface area contributed by atoms with Gasteiger partial charge in [-0.25, -0.2) is 0 Å². The van der Waals surface area contributed by atoms with E-state index < -0.39 is 0 Å². The molecule has 0 unspecified atom stereocenters. The zero-order valence-corrected chi connectivity index (χ0v) is 9.04. The first-order valence-corrected chi connectivity index (χ1v) is 5.85. The van der Waals surface area contributed by atoms with Gasteiger partial charge in [0.25, 0.3) is 0 Å². The Kier molecular flexibility index (Phi) is 7.36. The van der Waals surface area contributed by atoms with Gasteiger partial charge in [-0.05, 0) is 31.3 Å². The molecule has 12 heavy (non-hydrogen) atoms. The van der Waals surface area contributed by atoms with Gasteiger partial charge in [-0.1, -0.05) is 6.92 Å². The SMILES string of the molecule is CCNC(=O)CC[C@H](C)CSC. The van der Waals surface area contributed by atoms with Gasteiger partial charge < -0.3 is 5.32 Å². The molecule has 1 amide bonds. The fraction of sp³-hybridized carbons (Fsp3) is 0.889. The lowest BCUT2D eigenvalue weighted by Crippen LogP contribution is -2.22. The first kappa shape index (κ1) is 11.8. The molecule has 0 spiro atoms. The van der Waals surface area contributed by atoms with Crippen LogP contribution in [0.2, 0.25) is 0 Å². The van der Waals surface area contributed by atoms with Crippen molar-refractivity contribution in [3.05, 3.63) is 0 Å². The van der Waals surface area contributed by atoms with Crippen molar-refractivity contribution in [2.45, 2.75) is 26.7 Å². The number of hydrogen-bond donors (Lipinski definition) is 1. The van der Waals surface area contributed by atoms with E-state index in [4.69, 9.17) is 0 Å². The van der Waals surface area contributed by atoms with Gasteiger partial charge in [0.15, 0.2) is 0 Å². The van der Waals surface area contributed by atoms with E-state index in [0.29, 0.717) is 12.3 Å². The molecule has 0 radical (unpaired) electrons. The molecule has 0 aromatic heterocycles. The molecule has 0 saturated carbocycles. The first-order valence-electron chi connectivity index (χ1n) is 4.46. The molecule has 0 heterocycles. The first-order chi connectivity index (χ1) is 5.70. The molecule has 0 rings (SSSR count). The maximum Gasteiger partial charge on any atom is 0.219 e. The predicted molar refractivity (Wildman–Crippen MR) is 55.5 cm³/mol. The van der Waals surface area contributed by atoms with Crippen molar-refractivity contribution in [1.29, 1.82) is 0 Å². The Labute approximate surface area is 79.5 Å². The topological polar surface area (TPSA) is 29.1 Å². The van der Waals surface area contributed by atoms with Crippen LogP contribution in [0, 0.1) is 5.92 Å². The molecule has 0 aliphatic carbocycles. The number of carbonyl (C=O) groups excluding carboxylic acids is 1. The standard InChI is InChI=1S/C9H19NOS/c1-4-10-9(11)6-5-8(2)7-12-3/h8H,4-7H2,1-3H3,(H,10,11)/t8-/m0/s1.